The lowest BCUT2D eigenvalue weighted by molar-refractivity contribution is -0.385. The van der Waals surface area contributed by atoms with Crippen LogP contribution in [0.2, 0.25) is 0 Å². The molecule has 174 valence electrons. The van der Waals surface area contributed by atoms with E-state index in [1.54, 1.807) is 24.3 Å². The van der Waals surface area contributed by atoms with Crippen LogP contribution >= 0.6 is 0 Å². The molecule has 0 saturated carbocycles. The van der Waals surface area contributed by atoms with Gasteiger partial charge in [-0.05, 0) is 42.0 Å². The average Bonchev–Trinajstić information content (AvgIpc) is 3.33. The van der Waals surface area contributed by atoms with Crippen LogP contribution < -0.4 is 14.2 Å². The van der Waals surface area contributed by atoms with Gasteiger partial charge in [0, 0.05) is 50.4 Å². The minimum absolute atomic E-state index is 0.0252. The summed E-state index contributed by atoms with van der Waals surface area (Å²) < 4.78 is 16.4. The third-order valence-corrected chi connectivity index (χ3v) is 5.76. The molecule has 3 heterocycles. The van der Waals surface area contributed by atoms with Gasteiger partial charge >= 0.3 is 0 Å². The van der Waals surface area contributed by atoms with Crippen LogP contribution in [0.3, 0.4) is 0 Å². The molecule has 10 nitrogen and oxygen atoms in total. The van der Waals surface area contributed by atoms with E-state index in [1.807, 2.05) is 23.1 Å². The molecular weight excluding hydrogens is 440 g/mol. The number of fused-ring (bicyclic) bond motifs is 1. The molecule has 34 heavy (non-hydrogen) atoms. The molecule has 3 aromatic rings. The lowest BCUT2D eigenvalue weighted by Gasteiger charge is -2.34. The van der Waals surface area contributed by atoms with E-state index >= 15 is 0 Å². The van der Waals surface area contributed by atoms with Crippen LogP contribution in [0.1, 0.15) is 15.9 Å². The fourth-order valence-electron chi connectivity index (χ4n) is 3.92. The highest BCUT2D eigenvalue weighted by atomic mass is 16.7. The van der Waals surface area contributed by atoms with Crippen molar-refractivity contribution in [1.82, 2.24) is 14.8 Å². The Morgan fingerprint density at radius 1 is 1.00 bits per heavy atom. The van der Waals surface area contributed by atoms with Crippen molar-refractivity contribution in [2.24, 2.45) is 0 Å². The summed E-state index contributed by atoms with van der Waals surface area (Å²) in [6.07, 6.45) is 1.14. The Morgan fingerprint density at radius 2 is 1.76 bits per heavy atom. The molecule has 1 saturated heterocycles. The van der Waals surface area contributed by atoms with Crippen LogP contribution in [0.4, 0.5) is 5.69 Å². The fourth-order valence-corrected chi connectivity index (χ4v) is 3.92. The summed E-state index contributed by atoms with van der Waals surface area (Å²) in [5, 5.41) is 10.7. The Labute approximate surface area is 195 Å². The maximum absolute atomic E-state index is 12.9. The summed E-state index contributed by atoms with van der Waals surface area (Å²) >= 11 is 0. The van der Waals surface area contributed by atoms with E-state index in [2.05, 4.69) is 9.88 Å². The molecule has 0 spiro atoms. The monoisotopic (exact) mass is 462 g/mol. The molecule has 2 aliphatic heterocycles. The summed E-state index contributed by atoms with van der Waals surface area (Å²) in [6, 6.07) is 15.5. The number of hydrogen-bond donors (Lipinski definition) is 0. The minimum Gasteiger partial charge on any atom is -0.454 e. The Kier molecular flexibility index (Phi) is 5.96. The predicted molar refractivity (Wildman–Crippen MR) is 121 cm³/mol. The molecule has 0 N–H and O–H groups in total. The number of pyridine rings is 1. The van der Waals surface area contributed by atoms with Crippen molar-refractivity contribution in [3.63, 3.8) is 0 Å². The average molecular weight is 462 g/mol. The quantitative estimate of drug-likeness (QED) is 0.405. The first kappa shape index (κ1) is 21.7. The highest BCUT2D eigenvalue weighted by molar-refractivity contribution is 5.94. The molecule has 10 heteroatoms. The van der Waals surface area contributed by atoms with E-state index in [1.165, 1.54) is 12.1 Å². The molecule has 1 fully saturated rings. The smallest absolute Gasteiger partial charge is 0.287 e. The van der Waals surface area contributed by atoms with Gasteiger partial charge in [0.2, 0.25) is 12.7 Å². The number of nitro groups is 1. The first-order valence-corrected chi connectivity index (χ1v) is 10.8. The summed E-state index contributed by atoms with van der Waals surface area (Å²) in [5.41, 5.74) is 1.62. The SMILES string of the molecule is O=C(c1ccc(Oc2ccc([N+](=O)[O-])cn2)cc1)N1CCN(Cc2ccc3c(c2)OCO3)CC1. The number of rotatable bonds is 6. The van der Waals surface area contributed by atoms with Gasteiger partial charge in [0.05, 0.1) is 4.92 Å². The van der Waals surface area contributed by atoms with Crippen molar-refractivity contribution in [3.8, 4) is 23.1 Å². The van der Waals surface area contributed by atoms with Crippen molar-refractivity contribution in [3.05, 3.63) is 82.0 Å². The Morgan fingerprint density at radius 3 is 2.47 bits per heavy atom. The molecule has 0 aliphatic carbocycles. The van der Waals surface area contributed by atoms with E-state index in [4.69, 9.17) is 14.2 Å². The lowest BCUT2D eigenvalue weighted by atomic mass is 10.1. The third-order valence-electron chi connectivity index (χ3n) is 5.76. The van der Waals surface area contributed by atoms with Gasteiger partial charge in [0.25, 0.3) is 11.6 Å². The normalized spacial score (nSPS) is 15.2. The van der Waals surface area contributed by atoms with Crippen molar-refractivity contribution >= 4 is 11.6 Å². The van der Waals surface area contributed by atoms with Crippen molar-refractivity contribution in [2.45, 2.75) is 6.54 Å². The molecule has 0 atom stereocenters. The zero-order valence-electron chi connectivity index (χ0n) is 18.3. The van der Waals surface area contributed by atoms with Crippen LogP contribution in [-0.4, -0.2) is 58.6 Å². The van der Waals surface area contributed by atoms with Gasteiger partial charge in [0.15, 0.2) is 11.5 Å². The Hall–Kier alpha value is -4.18. The molecule has 0 radical (unpaired) electrons. The summed E-state index contributed by atoms with van der Waals surface area (Å²) in [4.78, 5) is 31.2. The Bertz CT molecular complexity index is 1190. The predicted octanol–water partition coefficient (Wildman–Crippen LogP) is 3.47. The first-order valence-electron chi connectivity index (χ1n) is 10.8. The second-order valence-corrected chi connectivity index (χ2v) is 7.99. The number of ether oxygens (including phenoxy) is 3. The maximum Gasteiger partial charge on any atom is 0.287 e. The number of amides is 1. The highest BCUT2D eigenvalue weighted by Crippen LogP contribution is 2.33. The fraction of sp³-hybridized carbons (Fsp3) is 0.250. The van der Waals surface area contributed by atoms with Gasteiger partial charge < -0.3 is 19.1 Å². The number of carbonyl (C=O) groups is 1. The van der Waals surface area contributed by atoms with Crippen molar-refractivity contribution in [1.29, 1.82) is 0 Å². The molecule has 2 aromatic carbocycles. The number of piperazine rings is 1. The Balaban J connectivity index is 1.13. The van der Waals surface area contributed by atoms with Crippen LogP contribution in [-0.2, 0) is 6.54 Å². The third kappa shape index (κ3) is 4.76. The van der Waals surface area contributed by atoms with Gasteiger partial charge in [-0.3, -0.25) is 19.8 Å². The number of benzene rings is 2. The summed E-state index contributed by atoms with van der Waals surface area (Å²) in [7, 11) is 0. The number of hydrogen-bond acceptors (Lipinski definition) is 8. The molecule has 0 bridgehead atoms. The van der Waals surface area contributed by atoms with Gasteiger partial charge in [-0.25, -0.2) is 4.98 Å². The van der Waals surface area contributed by atoms with Gasteiger partial charge in [-0.1, -0.05) is 6.07 Å². The maximum atomic E-state index is 12.9. The molecule has 1 amide bonds. The van der Waals surface area contributed by atoms with Crippen molar-refractivity contribution in [2.75, 3.05) is 33.0 Å². The summed E-state index contributed by atoms with van der Waals surface area (Å²) in [6.45, 7) is 3.92. The molecule has 2 aliphatic rings. The van der Waals surface area contributed by atoms with Gasteiger partial charge in [-0.15, -0.1) is 0 Å². The molecule has 1 aromatic heterocycles. The van der Waals surface area contributed by atoms with Gasteiger partial charge in [0.1, 0.15) is 11.9 Å². The van der Waals surface area contributed by atoms with E-state index in [0.29, 0.717) is 24.4 Å². The van der Waals surface area contributed by atoms with Crippen molar-refractivity contribution < 1.29 is 23.9 Å². The zero-order valence-corrected chi connectivity index (χ0v) is 18.3. The zero-order chi connectivity index (χ0) is 23.5. The van der Waals surface area contributed by atoms with E-state index in [-0.39, 0.29) is 24.3 Å². The van der Waals surface area contributed by atoms with Crippen LogP contribution in [0.5, 0.6) is 23.1 Å². The number of aromatic nitrogens is 1. The highest BCUT2D eigenvalue weighted by Gasteiger charge is 2.23. The lowest BCUT2D eigenvalue weighted by Crippen LogP contribution is -2.48. The topological polar surface area (TPSA) is 107 Å². The number of carbonyl (C=O) groups excluding carboxylic acids is 1. The first-order chi connectivity index (χ1) is 16.5. The van der Waals surface area contributed by atoms with E-state index in [9.17, 15) is 14.9 Å². The largest absolute Gasteiger partial charge is 0.454 e. The molecular formula is C24H22N4O6. The van der Waals surface area contributed by atoms with E-state index < -0.39 is 4.92 Å². The summed E-state index contributed by atoms with van der Waals surface area (Å²) in [5.74, 6) is 2.26. The van der Waals surface area contributed by atoms with Crippen LogP contribution in [0, 0.1) is 10.1 Å². The molecule has 0 unspecified atom stereocenters. The van der Waals surface area contributed by atoms with Gasteiger partial charge in [-0.2, -0.15) is 0 Å². The standard InChI is InChI=1S/C24H22N4O6/c29-24(18-2-5-20(6-3-18)34-23-8-4-19(14-25-23)28(30)31)27-11-9-26(10-12-27)15-17-1-7-21-22(13-17)33-16-32-21/h1-8,13-14H,9-12,15-16H2. The molecule has 5 rings (SSSR count). The number of nitrogens with zero attached hydrogens (tertiary/aromatic N) is 4. The van der Waals surface area contributed by atoms with Crippen LogP contribution in [0.25, 0.3) is 0 Å². The second-order valence-electron chi connectivity index (χ2n) is 7.99. The minimum atomic E-state index is -0.519. The van der Waals surface area contributed by atoms with E-state index in [0.717, 1.165) is 42.9 Å². The van der Waals surface area contributed by atoms with Crippen LogP contribution in [0.15, 0.2) is 60.8 Å². The second kappa shape index (κ2) is 9.36.